The second-order valence-corrected chi connectivity index (χ2v) is 9.71. The molecule has 0 radical (unpaired) electrons. The fourth-order valence-electron chi connectivity index (χ4n) is 2.51. The van der Waals surface area contributed by atoms with E-state index < -0.39 is 0 Å². The second kappa shape index (κ2) is 5.97. The summed E-state index contributed by atoms with van der Waals surface area (Å²) >= 11 is 5.84. The fourth-order valence-corrected chi connectivity index (χ4v) is 6.39. The number of aromatic nitrogens is 2. The number of thioether (sulfide) groups is 2. The summed E-state index contributed by atoms with van der Waals surface area (Å²) in [7, 11) is 1.95. The van der Waals surface area contributed by atoms with E-state index in [1.165, 1.54) is 15.8 Å². The van der Waals surface area contributed by atoms with Gasteiger partial charge in [0.1, 0.15) is 16.5 Å². The first kappa shape index (κ1) is 15.4. The van der Waals surface area contributed by atoms with E-state index in [9.17, 15) is 0 Å². The Hall–Kier alpha value is -0.460. The summed E-state index contributed by atoms with van der Waals surface area (Å²) in [6.45, 7) is 8.95. The summed E-state index contributed by atoms with van der Waals surface area (Å²) in [5.74, 6) is 3.08. The number of fused-ring (bicyclic) bond motifs is 1. The largest absolute Gasteiger partial charge is 0.372 e. The van der Waals surface area contributed by atoms with Crippen LogP contribution in [0.2, 0.25) is 0 Å². The highest BCUT2D eigenvalue weighted by Gasteiger charge is 2.29. The fraction of sp³-hybridized carbons (Fsp3) is 0.600. The maximum atomic E-state index is 4.88. The molecule has 3 atom stereocenters. The molecule has 0 spiro atoms. The molecule has 0 amide bonds. The van der Waals surface area contributed by atoms with Gasteiger partial charge in [0, 0.05) is 28.2 Å². The summed E-state index contributed by atoms with van der Waals surface area (Å²) < 4.78 is 0. The van der Waals surface area contributed by atoms with Crippen LogP contribution in [0.25, 0.3) is 10.2 Å². The van der Waals surface area contributed by atoms with Crippen LogP contribution < -0.4 is 5.32 Å². The first-order valence-corrected chi connectivity index (χ1v) is 10.0. The molecule has 1 aliphatic rings. The van der Waals surface area contributed by atoms with Gasteiger partial charge in [-0.05, 0) is 19.4 Å². The maximum absolute atomic E-state index is 4.88. The lowest BCUT2D eigenvalue weighted by molar-refractivity contribution is 0.867. The maximum Gasteiger partial charge on any atom is 0.146 e. The Balaban J connectivity index is 2.04. The Morgan fingerprint density at radius 3 is 2.57 bits per heavy atom. The van der Waals surface area contributed by atoms with Crippen LogP contribution in [0.15, 0.2) is 0 Å². The van der Waals surface area contributed by atoms with Crippen molar-refractivity contribution in [1.82, 2.24) is 9.97 Å². The van der Waals surface area contributed by atoms with E-state index >= 15 is 0 Å². The van der Waals surface area contributed by atoms with Crippen molar-refractivity contribution in [3.05, 3.63) is 16.3 Å². The topological polar surface area (TPSA) is 37.8 Å². The molecule has 3 heterocycles. The number of hydrogen-bond acceptors (Lipinski definition) is 6. The van der Waals surface area contributed by atoms with Gasteiger partial charge in [-0.15, -0.1) is 23.1 Å². The van der Waals surface area contributed by atoms with E-state index in [0.717, 1.165) is 22.2 Å². The zero-order valence-corrected chi connectivity index (χ0v) is 15.5. The quantitative estimate of drug-likeness (QED) is 0.862. The van der Waals surface area contributed by atoms with Crippen LogP contribution in [0.5, 0.6) is 0 Å². The van der Waals surface area contributed by atoms with Gasteiger partial charge in [-0.1, -0.05) is 13.8 Å². The van der Waals surface area contributed by atoms with Crippen molar-refractivity contribution in [1.29, 1.82) is 0 Å². The van der Waals surface area contributed by atoms with Gasteiger partial charge in [-0.25, -0.2) is 9.97 Å². The van der Waals surface area contributed by atoms with Gasteiger partial charge in [0.15, 0.2) is 0 Å². The van der Waals surface area contributed by atoms with Crippen LogP contribution in [0.4, 0.5) is 5.82 Å². The van der Waals surface area contributed by atoms with E-state index in [1.54, 1.807) is 11.3 Å². The lowest BCUT2D eigenvalue weighted by atomic mass is 10.2. The van der Waals surface area contributed by atoms with Gasteiger partial charge in [0.2, 0.25) is 0 Å². The van der Waals surface area contributed by atoms with Crippen molar-refractivity contribution in [2.75, 3.05) is 18.1 Å². The van der Waals surface area contributed by atoms with Gasteiger partial charge in [0.05, 0.1) is 10.6 Å². The number of thiophene rings is 1. The zero-order chi connectivity index (χ0) is 15.1. The Morgan fingerprint density at radius 1 is 1.14 bits per heavy atom. The first-order chi connectivity index (χ1) is 10.0. The molecule has 1 saturated heterocycles. The highest BCUT2D eigenvalue weighted by atomic mass is 32.2. The average molecular weight is 340 g/mol. The number of rotatable bonds is 2. The van der Waals surface area contributed by atoms with E-state index in [2.05, 4.69) is 33.0 Å². The molecular formula is C15H21N3S3. The summed E-state index contributed by atoms with van der Waals surface area (Å²) in [4.78, 5) is 12.2. The predicted octanol–water partition coefficient (Wildman–Crippen LogP) is 4.65. The lowest BCUT2D eigenvalue weighted by Crippen LogP contribution is -2.23. The summed E-state index contributed by atoms with van der Waals surface area (Å²) in [5.41, 5.74) is 1.30. The molecule has 1 aliphatic heterocycles. The number of aryl methyl sites for hydroxylation is 2. The zero-order valence-electron chi connectivity index (χ0n) is 13.1. The van der Waals surface area contributed by atoms with Crippen LogP contribution in [0.1, 0.15) is 35.4 Å². The number of anilines is 1. The van der Waals surface area contributed by atoms with Crippen LogP contribution in [0.3, 0.4) is 0 Å². The standard InChI is InChI=1S/C15H21N3S3/c1-7-8(2)21-15-12(7)14(16-5)17-13(18-15)11-6-19-9(3)10(4)20-11/h9-11H,6H2,1-5H3,(H,16,17,18). The molecule has 3 unspecified atom stereocenters. The predicted molar refractivity (Wildman–Crippen MR) is 98.1 cm³/mol. The molecule has 2 aromatic heterocycles. The molecule has 21 heavy (non-hydrogen) atoms. The monoisotopic (exact) mass is 339 g/mol. The summed E-state index contributed by atoms with van der Waals surface area (Å²) in [5, 5.41) is 6.22. The smallest absolute Gasteiger partial charge is 0.146 e. The molecule has 2 aromatic rings. The molecule has 0 saturated carbocycles. The number of nitrogens with zero attached hydrogens (tertiary/aromatic N) is 2. The minimum Gasteiger partial charge on any atom is -0.372 e. The van der Waals surface area contributed by atoms with Gasteiger partial charge < -0.3 is 5.32 Å². The third-order valence-electron chi connectivity index (χ3n) is 4.12. The van der Waals surface area contributed by atoms with Crippen LogP contribution in [-0.4, -0.2) is 33.3 Å². The van der Waals surface area contributed by atoms with Crippen molar-refractivity contribution < 1.29 is 0 Å². The summed E-state index contributed by atoms with van der Waals surface area (Å²) in [6, 6.07) is 0. The lowest BCUT2D eigenvalue weighted by Gasteiger charge is -2.30. The molecule has 1 fully saturated rings. The molecule has 114 valence electrons. The molecule has 0 bridgehead atoms. The molecule has 6 heteroatoms. The molecule has 0 aromatic carbocycles. The normalized spacial score (nSPS) is 26.2. The Bertz CT molecular complexity index is 668. The molecule has 1 N–H and O–H groups in total. The van der Waals surface area contributed by atoms with Crippen LogP contribution in [0, 0.1) is 13.8 Å². The first-order valence-electron chi connectivity index (χ1n) is 7.23. The van der Waals surface area contributed by atoms with Crippen molar-refractivity contribution in [2.45, 2.75) is 43.4 Å². The summed E-state index contributed by atoms with van der Waals surface area (Å²) in [6.07, 6.45) is 0. The van der Waals surface area contributed by atoms with Crippen LogP contribution >= 0.6 is 34.9 Å². The molecule has 0 aliphatic carbocycles. The Labute approximate surface area is 138 Å². The van der Waals surface area contributed by atoms with Gasteiger partial charge >= 0.3 is 0 Å². The third kappa shape index (κ3) is 2.78. The molecule has 3 rings (SSSR count). The van der Waals surface area contributed by atoms with E-state index in [1.807, 2.05) is 30.6 Å². The van der Waals surface area contributed by atoms with Gasteiger partial charge in [-0.2, -0.15) is 11.8 Å². The van der Waals surface area contributed by atoms with Crippen LogP contribution in [-0.2, 0) is 0 Å². The van der Waals surface area contributed by atoms with Gasteiger partial charge in [-0.3, -0.25) is 0 Å². The van der Waals surface area contributed by atoms with Crippen molar-refractivity contribution >= 4 is 50.9 Å². The van der Waals surface area contributed by atoms with Crippen molar-refractivity contribution in [3.8, 4) is 0 Å². The Kier molecular flexibility index (Phi) is 4.39. The van der Waals surface area contributed by atoms with E-state index in [4.69, 9.17) is 9.97 Å². The Morgan fingerprint density at radius 2 is 1.90 bits per heavy atom. The SMILES string of the molecule is CNc1nc(C2CSC(C)C(C)S2)nc2sc(C)c(C)c12. The van der Waals surface area contributed by atoms with Crippen molar-refractivity contribution in [3.63, 3.8) is 0 Å². The highest BCUT2D eigenvalue weighted by molar-refractivity contribution is 8.07. The number of hydrogen-bond donors (Lipinski definition) is 1. The second-order valence-electron chi connectivity index (χ2n) is 5.51. The van der Waals surface area contributed by atoms with E-state index in [-0.39, 0.29) is 0 Å². The number of nitrogens with one attached hydrogen (secondary N) is 1. The van der Waals surface area contributed by atoms with E-state index in [0.29, 0.717) is 15.7 Å². The minimum atomic E-state index is 0.403. The van der Waals surface area contributed by atoms with Gasteiger partial charge in [0.25, 0.3) is 0 Å². The highest BCUT2D eigenvalue weighted by Crippen LogP contribution is 2.44. The average Bonchev–Trinajstić information content (AvgIpc) is 2.76. The molecular weight excluding hydrogens is 318 g/mol. The minimum absolute atomic E-state index is 0.403. The third-order valence-corrected chi connectivity index (χ3v) is 8.61. The molecule has 3 nitrogen and oxygen atoms in total. The van der Waals surface area contributed by atoms with Crippen molar-refractivity contribution in [2.24, 2.45) is 0 Å².